The van der Waals surface area contributed by atoms with Crippen molar-refractivity contribution in [3.05, 3.63) is 30.1 Å². The second-order valence-corrected chi connectivity index (χ2v) is 6.68. The van der Waals surface area contributed by atoms with Gasteiger partial charge in [-0.1, -0.05) is 12.5 Å². The lowest BCUT2D eigenvalue weighted by atomic mass is 10.1. The second kappa shape index (κ2) is 8.29. The average Bonchev–Trinajstić information content (AvgIpc) is 3.00. The molecule has 2 aliphatic heterocycles. The molecule has 0 radical (unpaired) electrons. The highest BCUT2D eigenvalue weighted by Crippen LogP contribution is 2.20. The number of nitrogens with zero attached hydrogens (tertiary/aromatic N) is 3. The van der Waals surface area contributed by atoms with Gasteiger partial charge < -0.3 is 10.2 Å². The summed E-state index contributed by atoms with van der Waals surface area (Å²) in [5.74, 6) is 0. The minimum absolute atomic E-state index is 0.0972. The van der Waals surface area contributed by atoms with Gasteiger partial charge >= 0.3 is 6.03 Å². The van der Waals surface area contributed by atoms with E-state index in [-0.39, 0.29) is 6.03 Å². The summed E-state index contributed by atoms with van der Waals surface area (Å²) in [7, 11) is 0. The molecule has 2 aliphatic rings. The van der Waals surface area contributed by atoms with E-state index in [9.17, 15) is 4.79 Å². The van der Waals surface area contributed by atoms with Crippen LogP contribution in [0.1, 0.15) is 37.7 Å². The van der Waals surface area contributed by atoms with Crippen molar-refractivity contribution in [2.75, 3.05) is 32.7 Å². The normalized spacial score (nSPS) is 22.8. The van der Waals surface area contributed by atoms with Crippen LogP contribution in [0.25, 0.3) is 0 Å². The number of pyridine rings is 1. The maximum Gasteiger partial charge on any atom is 0.317 e. The van der Waals surface area contributed by atoms with Gasteiger partial charge in [-0.2, -0.15) is 0 Å². The molecule has 126 valence electrons. The van der Waals surface area contributed by atoms with Gasteiger partial charge in [0.25, 0.3) is 0 Å². The first-order valence-electron chi connectivity index (χ1n) is 8.98. The molecule has 23 heavy (non-hydrogen) atoms. The predicted octanol–water partition coefficient (Wildman–Crippen LogP) is 2.28. The Morgan fingerprint density at radius 1 is 1.22 bits per heavy atom. The van der Waals surface area contributed by atoms with Crippen molar-refractivity contribution in [1.29, 1.82) is 0 Å². The third-order valence-corrected chi connectivity index (χ3v) is 5.00. The Balaban J connectivity index is 1.47. The van der Waals surface area contributed by atoms with E-state index in [4.69, 9.17) is 0 Å². The van der Waals surface area contributed by atoms with Crippen LogP contribution in [0.15, 0.2) is 24.5 Å². The number of carbonyl (C=O) groups excluding carboxylic acids is 1. The van der Waals surface area contributed by atoms with Crippen LogP contribution >= 0.6 is 0 Å². The molecule has 0 bridgehead atoms. The first-order valence-corrected chi connectivity index (χ1v) is 8.98. The van der Waals surface area contributed by atoms with Gasteiger partial charge in [0.05, 0.1) is 0 Å². The number of hydrogen-bond donors (Lipinski definition) is 1. The van der Waals surface area contributed by atoms with Gasteiger partial charge in [-0.05, 0) is 56.8 Å². The van der Waals surface area contributed by atoms with E-state index < -0.39 is 0 Å². The zero-order valence-corrected chi connectivity index (χ0v) is 13.9. The molecule has 1 aromatic rings. The lowest BCUT2D eigenvalue weighted by Gasteiger charge is -2.30. The smallest absolute Gasteiger partial charge is 0.317 e. The van der Waals surface area contributed by atoms with Crippen LogP contribution < -0.4 is 5.32 Å². The van der Waals surface area contributed by atoms with Crippen molar-refractivity contribution in [2.24, 2.45) is 0 Å². The lowest BCUT2D eigenvalue weighted by molar-refractivity contribution is 0.166. The fourth-order valence-corrected chi connectivity index (χ4v) is 3.68. The molecule has 5 heteroatoms. The van der Waals surface area contributed by atoms with E-state index in [1.807, 2.05) is 17.2 Å². The molecule has 0 aliphatic carbocycles. The van der Waals surface area contributed by atoms with Gasteiger partial charge in [0.2, 0.25) is 0 Å². The van der Waals surface area contributed by atoms with Crippen LogP contribution in [-0.2, 0) is 6.42 Å². The molecule has 0 aromatic carbocycles. The number of likely N-dealkylation sites (tertiary alicyclic amines) is 2. The fourth-order valence-electron chi connectivity index (χ4n) is 3.68. The standard InChI is InChI=1S/C18H28N4O/c23-18(20-10-8-16-6-5-9-19-14-16)22-13-2-1-7-17(15-22)21-11-3-4-12-21/h5-6,9,14,17H,1-4,7-8,10-13,15H2,(H,20,23). The highest BCUT2D eigenvalue weighted by molar-refractivity contribution is 5.74. The summed E-state index contributed by atoms with van der Waals surface area (Å²) in [6.45, 7) is 4.87. The summed E-state index contributed by atoms with van der Waals surface area (Å²) in [4.78, 5) is 21.2. The van der Waals surface area contributed by atoms with Crippen molar-refractivity contribution in [3.8, 4) is 0 Å². The van der Waals surface area contributed by atoms with Crippen LogP contribution in [0.4, 0.5) is 4.79 Å². The van der Waals surface area contributed by atoms with Gasteiger partial charge in [0.15, 0.2) is 0 Å². The largest absolute Gasteiger partial charge is 0.338 e. The molecule has 2 fully saturated rings. The number of nitrogens with one attached hydrogen (secondary N) is 1. The van der Waals surface area contributed by atoms with Crippen molar-refractivity contribution in [3.63, 3.8) is 0 Å². The molecule has 2 amide bonds. The molecule has 1 atom stereocenters. The van der Waals surface area contributed by atoms with Crippen molar-refractivity contribution in [2.45, 2.75) is 44.6 Å². The molecule has 0 saturated carbocycles. The van der Waals surface area contributed by atoms with Crippen LogP contribution in [0, 0.1) is 0 Å². The zero-order valence-electron chi connectivity index (χ0n) is 13.9. The van der Waals surface area contributed by atoms with Gasteiger partial charge in [-0.15, -0.1) is 0 Å². The first-order chi connectivity index (χ1) is 11.3. The zero-order chi connectivity index (χ0) is 15.9. The molecule has 1 aromatic heterocycles. The molecule has 5 nitrogen and oxygen atoms in total. The van der Waals surface area contributed by atoms with Gasteiger partial charge in [0.1, 0.15) is 0 Å². The Bertz CT molecular complexity index is 487. The van der Waals surface area contributed by atoms with Crippen molar-refractivity contribution < 1.29 is 4.79 Å². The SMILES string of the molecule is O=C(NCCc1cccnc1)N1CCCCC(N2CCCC2)C1. The maximum atomic E-state index is 12.5. The molecular formula is C18H28N4O. The Hall–Kier alpha value is -1.62. The number of aromatic nitrogens is 1. The highest BCUT2D eigenvalue weighted by atomic mass is 16.2. The van der Waals surface area contributed by atoms with E-state index in [1.54, 1.807) is 6.20 Å². The molecule has 2 saturated heterocycles. The molecule has 1 unspecified atom stereocenters. The summed E-state index contributed by atoms with van der Waals surface area (Å²) in [5.41, 5.74) is 1.17. The van der Waals surface area contributed by atoms with Gasteiger partial charge in [0, 0.05) is 38.1 Å². The quantitative estimate of drug-likeness (QED) is 0.927. The molecule has 3 heterocycles. The molecule has 1 N–H and O–H groups in total. The van der Waals surface area contributed by atoms with Crippen LogP contribution in [0.3, 0.4) is 0 Å². The third kappa shape index (κ3) is 4.67. The topological polar surface area (TPSA) is 48.5 Å². The number of hydrogen-bond acceptors (Lipinski definition) is 3. The number of urea groups is 1. The highest BCUT2D eigenvalue weighted by Gasteiger charge is 2.27. The Labute approximate surface area is 139 Å². The fraction of sp³-hybridized carbons (Fsp3) is 0.667. The number of rotatable bonds is 4. The minimum Gasteiger partial charge on any atom is -0.338 e. The van der Waals surface area contributed by atoms with Crippen molar-refractivity contribution in [1.82, 2.24) is 20.1 Å². The summed E-state index contributed by atoms with van der Waals surface area (Å²) < 4.78 is 0. The maximum absolute atomic E-state index is 12.5. The second-order valence-electron chi connectivity index (χ2n) is 6.68. The van der Waals surface area contributed by atoms with Crippen LogP contribution in [0.2, 0.25) is 0 Å². The molecular weight excluding hydrogens is 288 g/mol. The summed E-state index contributed by atoms with van der Waals surface area (Å²) in [6.07, 6.45) is 10.7. The Kier molecular flexibility index (Phi) is 5.86. The van der Waals surface area contributed by atoms with E-state index >= 15 is 0 Å². The third-order valence-electron chi connectivity index (χ3n) is 5.00. The number of carbonyl (C=O) groups is 1. The molecule has 3 rings (SSSR count). The van der Waals surface area contributed by atoms with Crippen molar-refractivity contribution >= 4 is 6.03 Å². The first kappa shape index (κ1) is 16.2. The minimum atomic E-state index is 0.0972. The average molecular weight is 316 g/mol. The van der Waals surface area contributed by atoms with Crippen LogP contribution in [-0.4, -0.2) is 59.6 Å². The number of amides is 2. The summed E-state index contributed by atoms with van der Waals surface area (Å²) >= 11 is 0. The Morgan fingerprint density at radius 2 is 2.04 bits per heavy atom. The summed E-state index contributed by atoms with van der Waals surface area (Å²) in [5, 5.41) is 3.08. The predicted molar refractivity (Wildman–Crippen MR) is 91.4 cm³/mol. The lowest BCUT2D eigenvalue weighted by Crippen LogP contribution is -2.47. The van der Waals surface area contributed by atoms with E-state index in [0.29, 0.717) is 12.6 Å². The molecule has 0 spiro atoms. The Morgan fingerprint density at radius 3 is 2.83 bits per heavy atom. The summed E-state index contributed by atoms with van der Waals surface area (Å²) in [6, 6.07) is 4.64. The van der Waals surface area contributed by atoms with E-state index in [1.165, 1.54) is 44.3 Å². The van der Waals surface area contributed by atoms with Gasteiger partial charge in [-0.3, -0.25) is 9.88 Å². The van der Waals surface area contributed by atoms with E-state index in [0.717, 1.165) is 25.9 Å². The monoisotopic (exact) mass is 316 g/mol. The van der Waals surface area contributed by atoms with E-state index in [2.05, 4.69) is 21.3 Å². The van der Waals surface area contributed by atoms with Gasteiger partial charge in [-0.25, -0.2) is 4.79 Å². The van der Waals surface area contributed by atoms with Crippen LogP contribution in [0.5, 0.6) is 0 Å².